The Morgan fingerprint density at radius 3 is 2.68 bits per heavy atom. The van der Waals surface area contributed by atoms with Crippen LogP contribution in [0.2, 0.25) is 0 Å². The van der Waals surface area contributed by atoms with Crippen LogP contribution in [0.15, 0.2) is 34.2 Å². The summed E-state index contributed by atoms with van der Waals surface area (Å²) in [7, 11) is 0. The van der Waals surface area contributed by atoms with Crippen molar-refractivity contribution >= 4 is 74.4 Å². The first-order valence-electron chi connectivity index (χ1n) is 9.24. The number of rotatable bonds is 6. The van der Waals surface area contributed by atoms with Gasteiger partial charge in [0.2, 0.25) is 5.90 Å². The lowest BCUT2D eigenvalue weighted by atomic mass is 10.1. The number of nitrogens with zero attached hydrogens (tertiary/aromatic N) is 4. The zero-order valence-corrected chi connectivity index (χ0v) is 20.9. The van der Waals surface area contributed by atoms with Crippen molar-refractivity contribution in [3.05, 3.63) is 35.7 Å². The summed E-state index contributed by atoms with van der Waals surface area (Å²) in [6, 6.07) is 7.42. The van der Waals surface area contributed by atoms with Gasteiger partial charge in [0.05, 0.1) is 23.3 Å². The number of aliphatic imine (C=N–C) groups is 1. The van der Waals surface area contributed by atoms with Crippen LogP contribution >= 0.6 is 40.2 Å². The second kappa shape index (κ2) is 8.67. The highest BCUT2D eigenvalue weighted by Crippen LogP contribution is 2.39. The highest BCUT2D eigenvalue weighted by atomic mass is 127. The standard InChI is InChI=1S/C19H20F2IN6OPS/c1-19(2)8-29-18(27-19)9-4-5-10(12(6-9)31-3)24-11-7-13(23)25-16-14(11)26-17(15(20)21)28(16)30-22/h4-7,15,30H,8H2,1-3H3,(H3,23,24,25). The summed E-state index contributed by atoms with van der Waals surface area (Å²) in [6.45, 7) is 4.58. The lowest BCUT2D eigenvalue weighted by Crippen LogP contribution is -2.17. The largest absolute Gasteiger partial charge is 0.475 e. The van der Waals surface area contributed by atoms with Gasteiger partial charge >= 0.3 is 0 Å². The molecule has 0 radical (unpaired) electrons. The fraction of sp³-hybridized carbons (Fsp3) is 0.316. The molecule has 4 rings (SSSR count). The molecule has 0 saturated heterocycles. The van der Waals surface area contributed by atoms with Crippen molar-refractivity contribution in [1.82, 2.24) is 14.3 Å². The summed E-state index contributed by atoms with van der Waals surface area (Å²) in [6.07, 6.45) is -0.723. The number of pyridine rings is 1. The summed E-state index contributed by atoms with van der Waals surface area (Å²) in [5.41, 5.74) is 8.63. The second-order valence-electron chi connectivity index (χ2n) is 7.52. The summed E-state index contributed by atoms with van der Waals surface area (Å²) in [4.78, 5) is 14.0. The number of anilines is 3. The predicted molar refractivity (Wildman–Crippen MR) is 133 cm³/mol. The molecule has 1 aliphatic rings. The highest BCUT2D eigenvalue weighted by Gasteiger charge is 2.27. The topological polar surface area (TPSA) is 90.3 Å². The molecule has 0 aliphatic carbocycles. The average molecular weight is 576 g/mol. The minimum Gasteiger partial charge on any atom is -0.475 e. The number of aromatic nitrogens is 3. The number of hydrogen-bond acceptors (Lipinski definition) is 7. The Bertz CT molecular complexity index is 1190. The average Bonchev–Trinajstić information content (AvgIpc) is 3.28. The lowest BCUT2D eigenvalue weighted by Gasteiger charge is -2.13. The summed E-state index contributed by atoms with van der Waals surface area (Å²) in [5.74, 6) is 0.527. The molecule has 3 aromatic rings. The molecule has 164 valence electrons. The molecule has 7 nitrogen and oxygen atoms in total. The molecule has 0 fully saturated rings. The number of nitrogens with two attached hydrogens (primary N) is 1. The van der Waals surface area contributed by atoms with Crippen LogP contribution in [0.25, 0.3) is 11.2 Å². The van der Waals surface area contributed by atoms with Gasteiger partial charge in [0.1, 0.15) is 17.9 Å². The number of hydrogen-bond donors (Lipinski definition) is 2. The van der Waals surface area contributed by atoms with E-state index >= 15 is 0 Å². The van der Waals surface area contributed by atoms with E-state index in [1.807, 2.05) is 60.3 Å². The van der Waals surface area contributed by atoms with Gasteiger partial charge < -0.3 is 15.8 Å². The highest BCUT2D eigenvalue weighted by molar-refractivity contribution is 14.2. The molecule has 1 unspecified atom stereocenters. The van der Waals surface area contributed by atoms with E-state index in [1.165, 1.54) is 4.34 Å². The molecule has 31 heavy (non-hydrogen) atoms. The first-order chi connectivity index (χ1) is 14.7. The van der Waals surface area contributed by atoms with E-state index in [-0.39, 0.29) is 23.6 Å². The fourth-order valence-electron chi connectivity index (χ4n) is 3.21. The molecule has 0 saturated carbocycles. The summed E-state index contributed by atoms with van der Waals surface area (Å²) >= 11 is 3.58. The first kappa shape index (κ1) is 22.5. The number of fused-ring (bicyclic) bond motifs is 1. The number of alkyl halides is 2. The quantitative estimate of drug-likeness (QED) is 0.220. The lowest BCUT2D eigenvalue weighted by molar-refractivity contribution is 0.140. The van der Waals surface area contributed by atoms with Crippen LogP contribution in [0, 0.1) is 0 Å². The Balaban J connectivity index is 1.75. The zero-order chi connectivity index (χ0) is 22.3. The van der Waals surface area contributed by atoms with Crippen LogP contribution in [0.1, 0.15) is 31.7 Å². The molecule has 0 bridgehead atoms. The Hall–Kier alpha value is -1.72. The number of nitrogen functional groups attached to an aromatic ring is 1. The Morgan fingerprint density at radius 1 is 1.29 bits per heavy atom. The molecular formula is C19H20F2IN6OPS. The minimum atomic E-state index is -2.71. The van der Waals surface area contributed by atoms with E-state index in [2.05, 4.69) is 20.3 Å². The van der Waals surface area contributed by atoms with E-state index < -0.39 is 6.43 Å². The smallest absolute Gasteiger partial charge is 0.295 e. The minimum absolute atomic E-state index is 0.0216. The molecule has 0 amide bonds. The van der Waals surface area contributed by atoms with Crippen molar-refractivity contribution in [2.24, 2.45) is 4.99 Å². The Kier molecular flexibility index (Phi) is 6.28. The van der Waals surface area contributed by atoms with Crippen LogP contribution in [0.5, 0.6) is 0 Å². The van der Waals surface area contributed by atoms with Crippen LogP contribution in [0.4, 0.5) is 26.0 Å². The fourth-order valence-corrected chi connectivity index (χ4v) is 5.69. The normalized spacial score (nSPS) is 15.8. The van der Waals surface area contributed by atoms with Gasteiger partial charge in [-0.2, -0.15) is 0 Å². The number of imidazole rings is 1. The predicted octanol–water partition coefficient (Wildman–Crippen LogP) is 5.76. The van der Waals surface area contributed by atoms with Gasteiger partial charge in [0.25, 0.3) is 6.43 Å². The van der Waals surface area contributed by atoms with Crippen molar-refractivity contribution in [2.45, 2.75) is 30.7 Å². The monoisotopic (exact) mass is 576 g/mol. The molecule has 0 spiro atoms. The molecule has 2 aromatic heterocycles. The molecule has 1 aromatic carbocycles. The van der Waals surface area contributed by atoms with Crippen molar-refractivity contribution in [3.8, 4) is 0 Å². The molecule has 3 heterocycles. The van der Waals surface area contributed by atoms with Gasteiger partial charge in [0, 0.05) is 16.5 Å². The molecule has 3 N–H and O–H groups in total. The SMILES string of the molecule is CSc1cc(C2=NC(C)(C)CO2)ccc1Nc1cc(N)nc2c1nc(C(F)F)n2PI. The van der Waals surface area contributed by atoms with Gasteiger partial charge in [-0.05, 0) is 60.3 Å². The molecular weight excluding hydrogens is 556 g/mol. The van der Waals surface area contributed by atoms with Crippen molar-refractivity contribution < 1.29 is 13.5 Å². The number of benzene rings is 1. The van der Waals surface area contributed by atoms with Crippen LogP contribution in [-0.2, 0) is 4.74 Å². The van der Waals surface area contributed by atoms with Crippen molar-refractivity contribution in [1.29, 1.82) is 0 Å². The molecule has 12 heteroatoms. The first-order valence-corrected chi connectivity index (χ1v) is 14.5. The van der Waals surface area contributed by atoms with Gasteiger partial charge in [-0.3, -0.25) is 4.34 Å². The van der Waals surface area contributed by atoms with Crippen molar-refractivity contribution in [2.75, 3.05) is 23.9 Å². The summed E-state index contributed by atoms with van der Waals surface area (Å²) < 4.78 is 34.1. The van der Waals surface area contributed by atoms with Gasteiger partial charge in [-0.15, -0.1) is 11.8 Å². The zero-order valence-electron chi connectivity index (χ0n) is 16.9. The number of ether oxygens (including phenoxy) is 1. The second-order valence-corrected chi connectivity index (χ2v) is 10.4. The van der Waals surface area contributed by atoms with Crippen LogP contribution in [0.3, 0.4) is 0 Å². The van der Waals surface area contributed by atoms with E-state index in [0.717, 1.165) is 16.1 Å². The molecule has 1 aliphatic heterocycles. The van der Waals surface area contributed by atoms with Crippen molar-refractivity contribution in [3.63, 3.8) is 0 Å². The number of halogens is 3. The maximum atomic E-state index is 13.5. The van der Waals surface area contributed by atoms with Gasteiger partial charge in [-0.25, -0.2) is 23.7 Å². The number of nitrogens with one attached hydrogen (secondary N) is 1. The Morgan fingerprint density at radius 2 is 2.06 bits per heavy atom. The third-order valence-corrected chi connectivity index (χ3v) is 7.46. The van der Waals surface area contributed by atoms with Crippen LogP contribution in [-0.4, -0.2) is 38.6 Å². The van der Waals surface area contributed by atoms with E-state index in [0.29, 0.717) is 29.4 Å². The third kappa shape index (κ3) is 4.45. The van der Waals surface area contributed by atoms with E-state index in [9.17, 15) is 8.78 Å². The third-order valence-electron chi connectivity index (χ3n) is 4.63. The van der Waals surface area contributed by atoms with E-state index in [4.69, 9.17) is 10.5 Å². The number of thioether (sulfide) groups is 1. The molecule has 1 atom stereocenters. The van der Waals surface area contributed by atoms with E-state index in [1.54, 1.807) is 17.8 Å². The maximum Gasteiger partial charge on any atom is 0.295 e. The maximum absolute atomic E-state index is 13.5. The van der Waals surface area contributed by atoms with Crippen LogP contribution < -0.4 is 11.1 Å². The van der Waals surface area contributed by atoms with Gasteiger partial charge in [-0.1, -0.05) is 0 Å². The van der Waals surface area contributed by atoms with Gasteiger partial charge in [0.15, 0.2) is 11.5 Å². The Labute approximate surface area is 197 Å². The summed E-state index contributed by atoms with van der Waals surface area (Å²) in [5, 5.41) is 3.30.